The lowest BCUT2D eigenvalue weighted by Gasteiger charge is -2.22. The van der Waals surface area contributed by atoms with Crippen molar-refractivity contribution in [3.05, 3.63) is 23.8 Å². The number of methoxy groups -OCH3 is 3. The summed E-state index contributed by atoms with van der Waals surface area (Å²) in [6.45, 7) is 1.40. The van der Waals surface area contributed by atoms with E-state index in [1.165, 1.54) is 7.11 Å². The van der Waals surface area contributed by atoms with Gasteiger partial charge in [-0.2, -0.15) is 0 Å². The van der Waals surface area contributed by atoms with E-state index in [1.54, 1.807) is 37.3 Å². The second kappa shape index (κ2) is 8.66. The molecule has 0 unspecified atom stereocenters. The third-order valence-electron chi connectivity index (χ3n) is 2.85. The molecule has 1 amide bonds. The summed E-state index contributed by atoms with van der Waals surface area (Å²) in [6.07, 6.45) is 0. The van der Waals surface area contributed by atoms with Crippen molar-refractivity contribution >= 4 is 17.5 Å². The van der Waals surface area contributed by atoms with Crippen LogP contribution >= 0.6 is 11.6 Å². The maximum absolute atomic E-state index is 12.5. The number of alkyl halides is 1. The highest BCUT2D eigenvalue weighted by Crippen LogP contribution is 2.25. The number of halogens is 1. The third kappa shape index (κ3) is 4.28. The van der Waals surface area contributed by atoms with Crippen LogP contribution in [0.15, 0.2) is 18.2 Å². The van der Waals surface area contributed by atoms with Gasteiger partial charge in [-0.1, -0.05) is 0 Å². The average Bonchev–Trinajstić information content (AvgIpc) is 2.50. The smallest absolute Gasteiger partial charge is 0.257 e. The number of ether oxygens (including phenoxy) is 3. The zero-order valence-electron chi connectivity index (χ0n) is 12.0. The summed E-state index contributed by atoms with van der Waals surface area (Å²) in [5, 5.41) is 0. The van der Waals surface area contributed by atoms with E-state index in [-0.39, 0.29) is 5.91 Å². The highest BCUT2D eigenvalue weighted by atomic mass is 35.5. The Morgan fingerprint density at radius 2 is 1.95 bits per heavy atom. The van der Waals surface area contributed by atoms with Crippen molar-refractivity contribution in [2.45, 2.75) is 0 Å². The molecule has 0 N–H and O–H groups in total. The number of amides is 1. The van der Waals surface area contributed by atoms with Crippen LogP contribution < -0.4 is 9.47 Å². The van der Waals surface area contributed by atoms with Crippen LogP contribution in [0, 0.1) is 0 Å². The molecule has 0 aliphatic heterocycles. The van der Waals surface area contributed by atoms with Gasteiger partial charge in [-0.3, -0.25) is 4.79 Å². The summed E-state index contributed by atoms with van der Waals surface area (Å²) in [7, 11) is 4.68. The van der Waals surface area contributed by atoms with Crippen molar-refractivity contribution in [1.82, 2.24) is 4.90 Å². The van der Waals surface area contributed by atoms with E-state index in [1.807, 2.05) is 0 Å². The van der Waals surface area contributed by atoms with Crippen molar-refractivity contribution < 1.29 is 19.0 Å². The van der Waals surface area contributed by atoms with Crippen molar-refractivity contribution in [3.8, 4) is 11.5 Å². The van der Waals surface area contributed by atoms with Crippen LogP contribution in [0.1, 0.15) is 10.4 Å². The van der Waals surface area contributed by atoms with Gasteiger partial charge in [0.1, 0.15) is 11.5 Å². The van der Waals surface area contributed by atoms with Gasteiger partial charge in [-0.05, 0) is 12.1 Å². The van der Waals surface area contributed by atoms with Crippen LogP contribution in [0.5, 0.6) is 11.5 Å². The van der Waals surface area contributed by atoms with E-state index >= 15 is 0 Å². The molecule has 0 aliphatic carbocycles. The standard InChI is InChI=1S/C14H20ClNO4/c1-18-9-8-16(7-6-15)14(17)12-5-4-11(19-2)10-13(12)20-3/h4-5,10H,6-9H2,1-3H3. The molecule has 0 aromatic heterocycles. The molecule has 1 aromatic carbocycles. The molecule has 0 heterocycles. The van der Waals surface area contributed by atoms with E-state index in [4.69, 9.17) is 25.8 Å². The molecule has 0 radical (unpaired) electrons. The second-order valence-corrected chi connectivity index (χ2v) is 4.42. The first-order valence-corrected chi connectivity index (χ1v) is 6.77. The number of benzene rings is 1. The lowest BCUT2D eigenvalue weighted by molar-refractivity contribution is 0.0704. The fourth-order valence-electron chi connectivity index (χ4n) is 1.76. The van der Waals surface area contributed by atoms with Crippen LogP contribution in [0.3, 0.4) is 0 Å². The fourth-order valence-corrected chi connectivity index (χ4v) is 1.97. The molecule has 0 atom stereocenters. The number of carbonyl (C=O) groups excluding carboxylic acids is 1. The van der Waals surface area contributed by atoms with E-state index < -0.39 is 0 Å². The van der Waals surface area contributed by atoms with Crippen LogP contribution in [0.25, 0.3) is 0 Å². The Labute approximate surface area is 124 Å². The normalized spacial score (nSPS) is 10.2. The van der Waals surface area contributed by atoms with Gasteiger partial charge >= 0.3 is 0 Å². The van der Waals surface area contributed by atoms with Gasteiger partial charge in [0.05, 0.1) is 26.4 Å². The molecule has 1 aromatic rings. The molecular formula is C14H20ClNO4. The maximum Gasteiger partial charge on any atom is 0.257 e. The minimum absolute atomic E-state index is 0.137. The summed E-state index contributed by atoms with van der Waals surface area (Å²) in [5.74, 6) is 1.35. The zero-order chi connectivity index (χ0) is 15.0. The van der Waals surface area contributed by atoms with Gasteiger partial charge < -0.3 is 19.1 Å². The topological polar surface area (TPSA) is 48.0 Å². The summed E-state index contributed by atoms with van der Waals surface area (Å²) < 4.78 is 15.4. The fraction of sp³-hybridized carbons (Fsp3) is 0.500. The van der Waals surface area contributed by atoms with Gasteiger partial charge in [0.15, 0.2) is 0 Å². The van der Waals surface area contributed by atoms with Crippen molar-refractivity contribution in [1.29, 1.82) is 0 Å². The van der Waals surface area contributed by atoms with Crippen molar-refractivity contribution in [3.63, 3.8) is 0 Å². The van der Waals surface area contributed by atoms with Gasteiger partial charge in [0, 0.05) is 32.1 Å². The maximum atomic E-state index is 12.5. The molecule has 0 saturated carbocycles. The molecule has 1 rings (SSSR count). The predicted molar refractivity (Wildman–Crippen MR) is 78.0 cm³/mol. The molecule has 20 heavy (non-hydrogen) atoms. The molecule has 0 bridgehead atoms. The Kier molecular flexibility index (Phi) is 7.18. The van der Waals surface area contributed by atoms with E-state index in [9.17, 15) is 4.79 Å². The number of carbonyl (C=O) groups is 1. The second-order valence-electron chi connectivity index (χ2n) is 4.04. The molecule has 0 spiro atoms. The first-order chi connectivity index (χ1) is 9.67. The quantitative estimate of drug-likeness (QED) is 0.689. The van der Waals surface area contributed by atoms with Crippen molar-refractivity contribution in [2.75, 3.05) is 46.9 Å². The third-order valence-corrected chi connectivity index (χ3v) is 3.02. The summed E-state index contributed by atoms with van der Waals surface area (Å²) in [4.78, 5) is 14.2. The molecule has 0 fully saturated rings. The molecule has 0 aliphatic rings. The van der Waals surface area contributed by atoms with Crippen LogP contribution in [-0.2, 0) is 4.74 Å². The summed E-state index contributed by atoms with van der Waals surface area (Å²) in [5.41, 5.74) is 0.481. The van der Waals surface area contributed by atoms with E-state index in [0.717, 1.165) is 0 Å². The largest absolute Gasteiger partial charge is 0.497 e. The zero-order valence-corrected chi connectivity index (χ0v) is 12.8. The highest BCUT2D eigenvalue weighted by molar-refractivity contribution is 6.18. The van der Waals surface area contributed by atoms with E-state index in [2.05, 4.69) is 0 Å². The minimum Gasteiger partial charge on any atom is -0.497 e. The monoisotopic (exact) mass is 301 g/mol. The van der Waals surface area contributed by atoms with Crippen LogP contribution in [0.4, 0.5) is 0 Å². The number of rotatable bonds is 8. The summed E-state index contributed by atoms with van der Waals surface area (Å²) in [6, 6.07) is 5.10. The Bertz CT molecular complexity index is 439. The lowest BCUT2D eigenvalue weighted by Crippen LogP contribution is -2.35. The van der Waals surface area contributed by atoms with Gasteiger partial charge in [-0.25, -0.2) is 0 Å². The lowest BCUT2D eigenvalue weighted by atomic mass is 10.1. The molecular weight excluding hydrogens is 282 g/mol. The Morgan fingerprint density at radius 3 is 2.50 bits per heavy atom. The molecule has 112 valence electrons. The number of hydrogen-bond donors (Lipinski definition) is 0. The van der Waals surface area contributed by atoms with Crippen LogP contribution in [0.2, 0.25) is 0 Å². The SMILES string of the molecule is COCCN(CCCl)C(=O)c1ccc(OC)cc1OC. The average molecular weight is 302 g/mol. The number of hydrogen-bond acceptors (Lipinski definition) is 4. The van der Waals surface area contributed by atoms with Gasteiger partial charge in [0.25, 0.3) is 5.91 Å². The Hall–Kier alpha value is -1.46. The van der Waals surface area contributed by atoms with Gasteiger partial charge in [-0.15, -0.1) is 11.6 Å². The molecule has 0 saturated heterocycles. The Balaban J connectivity index is 2.97. The van der Waals surface area contributed by atoms with Gasteiger partial charge in [0.2, 0.25) is 0 Å². The Morgan fingerprint density at radius 1 is 1.20 bits per heavy atom. The minimum atomic E-state index is -0.137. The molecule has 5 nitrogen and oxygen atoms in total. The van der Waals surface area contributed by atoms with E-state index in [0.29, 0.717) is 42.6 Å². The molecule has 6 heteroatoms. The highest BCUT2D eigenvalue weighted by Gasteiger charge is 2.19. The summed E-state index contributed by atoms with van der Waals surface area (Å²) >= 11 is 5.74. The predicted octanol–water partition coefficient (Wildman–Crippen LogP) is 2.03. The van der Waals surface area contributed by atoms with Crippen LogP contribution in [-0.4, -0.2) is 57.7 Å². The van der Waals surface area contributed by atoms with Crippen molar-refractivity contribution in [2.24, 2.45) is 0 Å². The first-order valence-electron chi connectivity index (χ1n) is 6.24. The number of nitrogens with zero attached hydrogens (tertiary/aromatic N) is 1. The first kappa shape index (κ1) is 16.6.